The number of hydrogen-bond acceptors (Lipinski definition) is 0. The van der Waals surface area contributed by atoms with Crippen molar-refractivity contribution in [1.29, 1.82) is 0 Å². The Morgan fingerprint density at radius 1 is 0.615 bits per heavy atom. The van der Waals surface area contributed by atoms with Crippen LogP contribution in [-0.2, 0) is 20.8 Å². The van der Waals surface area contributed by atoms with Gasteiger partial charge in [-0.15, -0.1) is 69.1 Å². The molecule has 39 heavy (non-hydrogen) atoms. The Morgan fingerprint density at radius 2 is 1.10 bits per heavy atom. The molecule has 0 aliphatic carbocycles. The summed E-state index contributed by atoms with van der Waals surface area (Å²) in [6, 6.07) is 41.0. The van der Waals surface area contributed by atoms with Crippen LogP contribution in [0, 0.1) is 20.8 Å². The van der Waals surface area contributed by atoms with E-state index >= 15 is 0 Å². The van der Waals surface area contributed by atoms with Crippen LogP contribution in [0.25, 0.3) is 43.8 Å². The molecular weight excluding hydrogens is 611 g/mol. The fourth-order valence-corrected chi connectivity index (χ4v) is 4.76. The van der Waals surface area contributed by atoms with Crippen LogP contribution < -0.4 is 0 Å². The first-order valence-electron chi connectivity index (χ1n) is 12.9. The van der Waals surface area contributed by atoms with Gasteiger partial charge in [-0.05, 0) is 11.1 Å². The van der Waals surface area contributed by atoms with E-state index in [-0.39, 0.29) is 0 Å². The summed E-state index contributed by atoms with van der Waals surface area (Å²) in [5.74, 6) is 0. The Bertz CT molecular complexity index is 1560. The summed E-state index contributed by atoms with van der Waals surface area (Å²) < 4.78 is 0. The molecule has 0 heterocycles. The van der Waals surface area contributed by atoms with Crippen molar-refractivity contribution in [2.24, 2.45) is 0 Å². The van der Waals surface area contributed by atoms with Crippen LogP contribution in [0.2, 0.25) is 13.1 Å². The Balaban J connectivity index is 0.000000180. The first kappa shape index (κ1) is 31.3. The average Bonchev–Trinajstić information content (AvgIpc) is 3.48. The molecule has 0 unspecified atom stereocenters. The molecule has 0 fully saturated rings. The minimum atomic E-state index is -0.826. The number of halogens is 2. The van der Waals surface area contributed by atoms with E-state index in [0.29, 0.717) is 0 Å². The molecular formula is C35H34Cl2SiZr. The summed E-state index contributed by atoms with van der Waals surface area (Å²) in [7, 11) is 11.0. The normalized spacial score (nSPS) is 9.92. The van der Waals surface area contributed by atoms with E-state index in [1.54, 1.807) is 0 Å². The minimum absolute atomic E-state index is 0.826. The Kier molecular flexibility index (Phi) is 13.0. The van der Waals surface area contributed by atoms with E-state index in [4.69, 9.17) is 17.0 Å². The molecule has 2 radical (unpaired) electrons. The number of benzene rings is 4. The van der Waals surface area contributed by atoms with Crippen LogP contribution in [0.1, 0.15) is 16.7 Å². The first-order valence-corrected chi connectivity index (χ1v) is 21.2. The van der Waals surface area contributed by atoms with Crippen LogP contribution in [-0.4, -0.2) is 9.52 Å². The number of rotatable bonds is 2. The van der Waals surface area contributed by atoms with Gasteiger partial charge in [0.05, 0.1) is 0 Å². The van der Waals surface area contributed by atoms with E-state index in [9.17, 15) is 0 Å². The maximum atomic E-state index is 4.93. The molecule has 0 amide bonds. The van der Waals surface area contributed by atoms with Gasteiger partial charge in [0.1, 0.15) is 0 Å². The molecule has 0 aliphatic heterocycles. The van der Waals surface area contributed by atoms with Gasteiger partial charge in [0.15, 0.2) is 0 Å². The maximum absolute atomic E-state index is 4.93. The van der Waals surface area contributed by atoms with Crippen molar-refractivity contribution >= 4 is 48.1 Å². The molecule has 0 saturated heterocycles. The molecule has 0 aliphatic rings. The van der Waals surface area contributed by atoms with E-state index in [0.717, 1.165) is 9.52 Å². The van der Waals surface area contributed by atoms with Crippen LogP contribution >= 0.6 is 17.0 Å². The summed E-state index contributed by atoms with van der Waals surface area (Å²) >= 11 is -0.826. The van der Waals surface area contributed by atoms with Crippen molar-refractivity contribution in [2.45, 2.75) is 33.9 Å². The molecule has 6 aromatic rings. The fourth-order valence-electron chi connectivity index (χ4n) is 4.76. The molecule has 4 heteroatoms. The van der Waals surface area contributed by atoms with Crippen LogP contribution in [0.3, 0.4) is 0 Å². The summed E-state index contributed by atoms with van der Waals surface area (Å²) in [6.45, 7) is 10.9. The quantitative estimate of drug-likeness (QED) is 0.130. The van der Waals surface area contributed by atoms with Gasteiger partial charge in [0.2, 0.25) is 0 Å². The second kappa shape index (κ2) is 16.1. The van der Waals surface area contributed by atoms with Gasteiger partial charge in [-0.2, -0.15) is 11.6 Å². The van der Waals surface area contributed by atoms with Crippen molar-refractivity contribution in [2.75, 3.05) is 0 Å². The van der Waals surface area contributed by atoms with Crippen molar-refractivity contribution in [3.8, 4) is 22.3 Å². The van der Waals surface area contributed by atoms with Crippen molar-refractivity contribution in [1.82, 2.24) is 0 Å². The summed E-state index contributed by atoms with van der Waals surface area (Å²) in [6.07, 6.45) is 0. The van der Waals surface area contributed by atoms with Crippen molar-refractivity contribution in [3.63, 3.8) is 0 Å². The predicted molar refractivity (Wildman–Crippen MR) is 173 cm³/mol. The number of fused-ring (bicyclic) bond motifs is 2. The molecule has 0 bridgehead atoms. The third kappa shape index (κ3) is 8.38. The van der Waals surface area contributed by atoms with Gasteiger partial charge in [-0.3, -0.25) is 0 Å². The molecule has 6 rings (SSSR count). The molecule has 6 aromatic carbocycles. The second-order valence-corrected chi connectivity index (χ2v) is 14.1. The zero-order valence-electron chi connectivity index (χ0n) is 23.2. The summed E-state index contributed by atoms with van der Waals surface area (Å²) in [5.41, 5.74) is 9.37. The van der Waals surface area contributed by atoms with Gasteiger partial charge >= 0.3 is 37.9 Å². The van der Waals surface area contributed by atoms with E-state index in [1.165, 1.54) is 60.5 Å². The van der Waals surface area contributed by atoms with Gasteiger partial charge in [0, 0.05) is 9.52 Å². The molecule has 0 atom stereocenters. The fraction of sp³-hybridized carbons (Fsp3) is 0.143. The Labute approximate surface area is 255 Å². The van der Waals surface area contributed by atoms with Gasteiger partial charge in [-0.25, -0.2) is 0 Å². The third-order valence-electron chi connectivity index (χ3n) is 6.50. The van der Waals surface area contributed by atoms with Crippen LogP contribution in [0.4, 0.5) is 0 Å². The number of aryl methyl sites for hydroxylation is 3. The van der Waals surface area contributed by atoms with E-state index < -0.39 is 20.8 Å². The van der Waals surface area contributed by atoms with Crippen LogP contribution in [0.5, 0.6) is 0 Å². The monoisotopic (exact) mass is 642 g/mol. The molecule has 0 N–H and O–H groups in total. The van der Waals surface area contributed by atoms with Gasteiger partial charge in [0.25, 0.3) is 0 Å². The Morgan fingerprint density at radius 3 is 1.67 bits per heavy atom. The van der Waals surface area contributed by atoms with E-state index in [1.807, 2.05) is 0 Å². The standard InChI is InChI=1S/C17H15.C16H13.C2H6Si.2ClH.Zr/c1-12-11-15-9-6-10-16(17(15)13(12)2)14-7-4-3-5-8-14;1-12-10-14-8-5-9-15(16(14)11-12)13-6-3-2-4-7-13;1-3-2;;;/h3-11H,1-2H3;2-11H,1H3;1-2H3;2*1H;/q2*-1;;;;+4/p-2. The van der Waals surface area contributed by atoms with Gasteiger partial charge in [-0.1, -0.05) is 118 Å². The topological polar surface area (TPSA) is 0 Å². The van der Waals surface area contributed by atoms with Crippen molar-refractivity contribution < 1.29 is 20.8 Å². The molecule has 0 aromatic heterocycles. The summed E-state index contributed by atoms with van der Waals surface area (Å²) in [5, 5.41) is 5.43. The molecule has 196 valence electrons. The molecule has 0 saturated carbocycles. The zero-order valence-corrected chi connectivity index (χ0v) is 28.2. The van der Waals surface area contributed by atoms with Crippen molar-refractivity contribution in [3.05, 3.63) is 132 Å². The van der Waals surface area contributed by atoms with Gasteiger partial charge < -0.3 is 0 Å². The second-order valence-electron chi connectivity index (χ2n) is 9.37. The first-order chi connectivity index (χ1) is 18.9. The third-order valence-corrected chi connectivity index (χ3v) is 6.50. The predicted octanol–water partition coefficient (Wildman–Crippen LogP) is 11.5. The van der Waals surface area contributed by atoms with Crippen LogP contribution in [0.15, 0.2) is 115 Å². The molecule has 0 spiro atoms. The SMILES string of the molecule is C[Si]C.Cc1[cH-]c2cccc(-c3ccccc3)c2c1C.Cc1cc2c(-c3ccccc3)cccc2[cH-]1.[Cl][Zr+2][Cl]. The average molecular weight is 645 g/mol. The molecule has 0 nitrogen and oxygen atoms in total. The van der Waals surface area contributed by atoms with E-state index in [2.05, 4.69) is 149 Å². The zero-order chi connectivity index (χ0) is 28.2. The number of hydrogen-bond donors (Lipinski definition) is 0. The summed E-state index contributed by atoms with van der Waals surface area (Å²) in [4.78, 5) is 0. The Hall–Kier alpha value is -2.22.